The molecule has 1 fully saturated rings. The Morgan fingerprint density at radius 1 is 0.974 bits per heavy atom. The zero-order chi connectivity index (χ0) is 26.2. The Kier molecular flexibility index (Phi) is 6.25. The Morgan fingerprint density at radius 2 is 1.76 bits per heavy atom. The van der Waals surface area contributed by atoms with Crippen LogP contribution in [0.2, 0.25) is 0 Å². The number of likely N-dealkylation sites (tertiary alicyclic amines) is 1. The van der Waals surface area contributed by atoms with Crippen molar-refractivity contribution in [2.45, 2.75) is 24.9 Å². The van der Waals surface area contributed by atoms with Crippen LogP contribution in [-0.2, 0) is 11.3 Å². The third-order valence-corrected chi connectivity index (χ3v) is 7.61. The number of benzene rings is 2. The summed E-state index contributed by atoms with van der Waals surface area (Å²) in [5.41, 5.74) is 3.51. The van der Waals surface area contributed by atoms with E-state index in [9.17, 15) is 19.5 Å². The summed E-state index contributed by atoms with van der Waals surface area (Å²) < 4.78 is 1.81. The van der Waals surface area contributed by atoms with Gasteiger partial charge in [-0.2, -0.15) is 0 Å². The van der Waals surface area contributed by atoms with Crippen LogP contribution in [0.25, 0.3) is 22.2 Å². The maximum atomic E-state index is 13.5. The summed E-state index contributed by atoms with van der Waals surface area (Å²) in [5, 5.41) is 13.6. The average Bonchev–Trinajstić information content (AvgIpc) is 2.95. The fourth-order valence-electron chi connectivity index (χ4n) is 5.84. The van der Waals surface area contributed by atoms with Crippen LogP contribution < -0.4 is 10.9 Å². The number of rotatable bonds is 5. The van der Waals surface area contributed by atoms with Crippen molar-refractivity contribution >= 4 is 22.7 Å². The molecule has 6 rings (SSSR count). The molecule has 2 aromatic carbocycles. The van der Waals surface area contributed by atoms with E-state index in [4.69, 9.17) is 4.98 Å². The molecule has 2 N–H and O–H groups in total. The minimum Gasteiger partial charge on any atom is -0.394 e. The highest BCUT2D eigenvalue weighted by molar-refractivity contribution is 6.08. The predicted molar refractivity (Wildman–Crippen MR) is 144 cm³/mol. The van der Waals surface area contributed by atoms with Gasteiger partial charge in [-0.15, -0.1) is 0 Å². The molecule has 8 nitrogen and oxygen atoms in total. The van der Waals surface area contributed by atoms with Crippen LogP contribution >= 0.6 is 0 Å². The second kappa shape index (κ2) is 9.87. The first-order valence-corrected chi connectivity index (χ1v) is 12.9. The topological polar surface area (TPSA) is 105 Å². The number of nitrogens with one attached hydrogen (secondary N) is 1. The molecule has 3 unspecified atom stereocenters. The van der Waals surface area contributed by atoms with Gasteiger partial charge in [0.05, 0.1) is 23.4 Å². The van der Waals surface area contributed by atoms with E-state index in [1.807, 2.05) is 65.2 Å². The van der Waals surface area contributed by atoms with Gasteiger partial charge in [-0.25, -0.2) is 4.98 Å². The van der Waals surface area contributed by atoms with Crippen molar-refractivity contribution in [1.29, 1.82) is 0 Å². The first kappa shape index (κ1) is 24.1. The van der Waals surface area contributed by atoms with Gasteiger partial charge in [0.2, 0.25) is 5.91 Å². The molecule has 2 amide bonds. The molecule has 4 heterocycles. The summed E-state index contributed by atoms with van der Waals surface area (Å²) in [4.78, 5) is 45.8. The largest absolute Gasteiger partial charge is 0.394 e. The Balaban J connectivity index is 1.26. The van der Waals surface area contributed by atoms with Gasteiger partial charge in [-0.3, -0.25) is 14.4 Å². The van der Waals surface area contributed by atoms with E-state index in [1.165, 1.54) is 0 Å². The number of hydrogen-bond donors (Lipinski definition) is 2. The number of fused-ring (bicyclic) bond motifs is 5. The number of pyridine rings is 2. The normalized spacial score (nSPS) is 19.0. The van der Waals surface area contributed by atoms with E-state index in [0.717, 1.165) is 17.7 Å². The van der Waals surface area contributed by atoms with Crippen LogP contribution in [0.3, 0.4) is 0 Å². The first-order valence-electron chi connectivity index (χ1n) is 12.9. The van der Waals surface area contributed by atoms with Crippen molar-refractivity contribution in [3.63, 3.8) is 0 Å². The molecule has 2 aliphatic rings. The van der Waals surface area contributed by atoms with Gasteiger partial charge in [0.1, 0.15) is 6.04 Å². The van der Waals surface area contributed by atoms with Gasteiger partial charge < -0.3 is 19.9 Å². The van der Waals surface area contributed by atoms with Crippen molar-refractivity contribution in [1.82, 2.24) is 19.8 Å². The highest BCUT2D eigenvalue weighted by Gasteiger charge is 2.38. The van der Waals surface area contributed by atoms with Crippen LogP contribution in [0.15, 0.2) is 83.7 Å². The van der Waals surface area contributed by atoms with Gasteiger partial charge in [0, 0.05) is 48.3 Å². The van der Waals surface area contributed by atoms with Crippen LogP contribution in [-0.4, -0.2) is 57.1 Å². The van der Waals surface area contributed by atoms with Crippen molar-refractivity contribution in [3.05, 3.63) is 100 Å². The summed E-state index contributed by atoms with van der Waals surface area (Å²) in [6.07, 6.45) is 0.911. The number of carbonyl (C=O) groups is 2. The number of aliphatic hydroxyl groups excluding tert-OH is 1. The number of hydrogen-bond acceptors (Lipinski definition) is 5. The zero-order valence-electron chi connectivity index (χ0n) is 20.8. The van der Waals surface area contributed by atoms with E-state index in [0.29, 0.717) is 41.8 Å². The monoisotopic (exact) mass is 508 g/mol. The van der Waals surface area contributed by atoms with Gasteiger partial charge in [-0.1, -0.05) is 54.6 Å². The van der Waals surface area contributed by atoms with Gasteiger partial charge in [-0.05, 0) is 30.5 Å². The molecular weight excluding hydrogens is 480 g/mol. The number of amides is 2. The standard InChI is InChI=1S/C30H28N4O4/c35-18-26(30(38)33-15-19-13-21(17-33)27-11-6-12-28(36)34(27)16-19)32-29(37)23-14-25(20-7-2-1-3-8-20)31-24-10-5-4-9-22(23)24/h1-12,14,19,21,26,35H,13,15-18H2,(H,32,37). The lowest BCUT2D eigenvalue weighted by Gasteiger charge is -2.43. The molecule has 192 valence electrons. The quantitative estimate of drug-likeness (QED) is 0.432. The Hall–Kier alpha value is -4.30. The van der Waals surface area contributed by atoms with Crippen molar-refractivity contribution in [2.75, 3.05) is 19.7 Å². The summed E-state index contributed by atoms with van der Waals surface area (Å²) in [5.74, 6) is -0.558. The minimum absolute atomic E-state index is 0.0167. The van der Waals surface area contributed by atoms with Crippen LogP contribution in [0, 0.1) is 5.92 Å². The Morgan fingerprint density at radius 3 is 2.58 bits per heavy atom. The molecule has 38 heavy (non-hydrogen) atoms. The molecule has 0 saturated carbocycles. The van der Waals surface area contributed by atoms with E-state index in [2.05, 4.69) is 5.32 Å². The van der Waals surface area contributed by atoms with Gasteiger partial charge >= 0.3 is 0 Å². The lowest BCUT2D eigenvalue weighted by molar-refractivity contribution is -0.137. The lowest BCUT2D eigenvalue weighted by atomic mass is 9.83. The summed E-state index contributed by atoms with van der Waals surface area (Å²) in [7, 11) is 0. The van der Waals surface area contributed by atoms with E-state index in [1.54, 1.807) is 23.1 Å². The van der Waals surface area contributed by atoms with Crippen LogP contribution in [0.1, 0.15) is 28.4 Å². The molecule has 2 bridgehead atoms. The van der Waals surface area contributed by atoms with Crippen LogP contribution in [0.4, 0.5) is 0 Å². The fraction of sp³-hybridized carbons (Fsp3) is 0.267. The number of aliphatic hydroxyl groups is 1. The average molecular weight is 509 g/mol. The maximum Gasteiger partial charge on any atom is 0.252 e. The molecule has 2 aromatic heterocycles. The highest BCUT2D eigenvalue weighted by atomic mass is 16.3. The summed E-state index contributed by atoms with van der Waals surface area (Å²) in [6.45, 7) is 0.984. The molecule has 0 aliphatic carbocycles. The molecular formula is C30H28N4O4. The molecule has 4 aromatic rings. The van der Waals surface area contributed by atoms with E-state index in [-0.39, 0.29) is 23.3 Å². The third kappa shape index (κ3) is 4.37. The summed E-state index contributed by atoms with van der Waals surface area (Å²) >= 11 is 0. The lowest BCUT2D eigenvalue weighted by Crippen LogP contribution is -2.56. The molecule has 0 spiro atoms. The zero-order valence-corrected chi connectivity index (χ0v) is 20.8. The molecule has 0 radical (unpaired) electrons. The fourth-order valence-corrected chi connectivity index (χ4v) is 5.84. The third-order valence-electron chi connectivity index (χ3n) is 7.61. The molecule has 2 aliphatic heterocycles. The number of carbonyl (C=O) groups excluding carboxylic acids is 2. The number of aromatic nitrogens is 2. The second-order valence-electron chi connectivity index (χ2n) is 10.1. The second-order valence-corrected chi connectivity index (χ2v) is 10.1. The number of piperidine rings is 1. The van der Waals surface area contributed by atoms with Crippen molar-refractivity contribution in [3.8, 4) is 11.3 Å². The smallest absolute Gasteiger partial charge is 0.252 e. The van der Waals surface area contributed by atoms with Gasteiger partial charge in [0.25, 0.3) is 11.5 Å². The number of para-hydroxylation sites is 1. The SMILES string of the molecule is O=C(NC(CO)C(=O)N1CC2CC(C1)c1cccc(=O)n1C2)c1cc(-c2ccccc2)nc2ccccc12. The number of nitrogens with zero attached hydrogens (tertiary/aromatic N) is 3. The van der Waals surface area contributed by atoms with E-state index >= 15 is 0 Å². The molecule has 8 heteroatoms. The van der Waals surface area contributed by atoms with Gasteiger partial charge in [0.15, 0.2) is 0 Å². The minimum atomic E-state index is -1.08. The first-order chi connectivity index (χ1) is 18.5. The van der Waals surface area contributed by atoms with Crippen molar-refractivity contribution in [2.24, 2.45) is 5.92 Å². The van der Waals surface area contributed by atoms with E-state index < -0.39 is 18.6 Å². The Bertz CT molecular complexity index is 1580. The molecule has 1 saturated heterocycles. The summed E-state index contributed by atoms with van der Waals surface area (Å²) in [6, 6.07) is 22.9. The van der Waals surface area contributed by atoms with Crippen LogP contribution in [0.5, 0.6) is 0 Å². The maximum absolute atomic E-state index is 13.5. The van der Waals surface area contributed by atoms with Crippen molar-refractivity contribution < 1.29 is 14.7 Å². The highest BCUT2D eigenvalue weighted by Crippen LogP contribution is 2.35. The predicted octanol–water partition coefficient (Wildman–Crippen LogP) is 2.80. The Labute approximate surface area is 219 Å². The molecule has 3 atom stereocenters.